The van der Waals surface area contributed by atoms with Crippen LogP contribution in [0.15, 0.2) is 59.4 Å². The quantitative estimate of drug-likeness (QED) is 0.282. The maximum atomic E-state index is 14.1. The number of likely N-dealkylation sites (tertiary alicyclic amines) is 1. The molecule has 3 aromatic carbocycles. The first-order valence-corrected chi connectivity index (χ1v) is 14.5. The molecule has 0 atom stereocenters. The molecule has 40 heavy (non-hydrogen) atoms. The molecule has 204 valence electrons. The van der Waals surface area contributed by atoms with Crippen molar-refractivity contribution in [3.05, 3.63) is 75.9 Å². The van der Waals surface area contributed by atoms with Crippen LogP contribution < -0.4 is 9.61 Å². The summed E-state index contributed by atoms with van der Waals surface area (Å²) in [6, 6.07) is 17.8. The average Bonchev–Trinajstić information content (AvgIpc) is 3.31. The third kappa shape index (κ3) is 4.51. The zero-order chi connectivity index (χ0) is 28.2. The van der Waals surface area contributed by atoms with Crippen molar-refractivity contribution in [2.24, 2.45) is 0 Å². The van der Waals surface area contributed by atoms with Gasteiger partial charge in [-0.1, -0.05) is 29.0 Å². The van der Waals surface area contributed by atoms with Crippen molar-refractivity contribution in [2.75, 3.05) is 20.1 Å². The van der Waals surface area contributed by atoms with Gasteiger partial charge in [0.05, 0.1) is 22.5 Å². The molecule has 0 saturated carbocycles. The highest BCUT2D eigenvalue weighted by Gasteiger charge is 2.25. The molecular formula is C30H27FN4O4S. The van der Waals surface area contributed by atoms with Gasteiger partial charge in [-0.3, -0.25) is 4.79 Å². The number of fused-ring (bicyclic) bond motifs is 4. The molecule has 1 fully saturated rings. The second-order valence-electron chi connectivity index (χ2n) is 10.3. The lowest BCUT2D eigenvalue weighted by Gasteiger charge is -2.32. The van der Waals surface area contributed by atoms with E-state index in [0.29, 0.717) is 34.0 Å². The molecule has 5 aromatic rings. The largest absolute Gasteiger partial charge is 0.488 e. The number of rotatable bonds is 5. The Labute approximate surface area is 230 Å². The molecule has 0 aliphatic carbocycles. The third-order valence-electron chi connectivity index (χ3n) is 7.88. The molecule has 1 aliphatic rings. The Hall–Kier alpha value is -4.20. The van der Waals surface area contributed by atoms with Crippen LogP contribution in [0.25, 0.3) is 44.0 Å². The lowest BCUT2D eigenvalue weighted by molar-refractivity contribution is 0.226. The van der Waals surface area contributed by atoms with Gasteiger partial charge in [0.1, 0.15) is 11.4 Å². The number of aromatic amines is 1. The summed E-state index contributed by atoms with van der Waals surface area (Å²) < 4.78 is 42.2. The number of pyridine rings is 1. The summed E-state index contributed by atoms with van der Waals surface area (Å²) in [7, 11) is -3.08. The fourth-order valence-electron chi connectivity index (χ4n) is 5.96. The Bertz CT molecular complexity index is 2020. The van der Waals surface area contributed by atoms with Gasteiger partial charge in [0.15, 0.2) is 5.43 Å². The highest BCUT2D eigenvalue weighted by atomic mass is 32.3. The van der Waals surface area contributed by atoms with E-state index in [1.54, 1.807) is 24.3 Å². The predicted octanol–water partition coefficient (Wildman–Crippen LogP) is 5.60. The number of aryl methyl sites for hydroxylation is 1. The summed E-state index contributed by atoms with van der Waals surface area (Å²) >= 11 is 0. The summed E-state index contributed by atoms with van der Waals surface area (Å²) in [5.74, 6) is -0.130. The average molecular weight is 559 g/mol. The number of hydrogen-bond donors (Lipinski definition) is 1. The Kier molecular flexibility index (Phi) is 6.36. The lowest BCUT2D eigenvalue weighted by atomic mass is 9.94. The van der Waals surface area contributed by atoms with Crippen molar-refractivity contribution in [3.8, 4) is 22.9 Å². The number of nitrogens with zero attached hydrogens (tertiary/aromatic N) is 3. The Morgan fingerprint density at radius 3 is 2.58 bits per heavy atom. The van der Waals surface area contributed by atoms with Crippen molar-refractivity contribution in [2.45, 2.75) is 32.2 Å². The molecule has 1 saturated heterocycles. The van der Waals surface area contributed by atoms with Crippen LogP contribution in [0.1, 0.15) is 36.9 Å². The minimum Gasteiger partial charge on any atom is -0.358 e. The van der Waals surface area contributed by atoms with Gasteiger partial charge in [-0.25, -0.2) is 0 Å². The van der Waals surface area contributed by atoms with Gasteiger partial charge >= 0.3 is 10.5 Å². The van der Waals surface area contributed by atoms with Crippen LogP contribution in [0.3, 0.4) is 0 Å². The standard InChI is InChI=1S/C30H27FN4O4S/c1-3-19-15-25-27(16-24(19)20-5-4-6-22(14-20)39-40(31,37)38)35(21-9-11-34(2)12-10-21)30-28(29(25)36)23-8-7-18(17-32)13-26(23)33-30/h4-8,13-16,21,33H,3,9-12H2,1-2H3. The fourth-order valence-corrected chi connectivity index (χ4v) is 6.29. The predicted molar refractivity (Wildman–Crippen MR) is 154 cm³/mol. The minimum atomic E-state index is -5.17. The van der Waals surface area contributed by atoms with Crippen LogP contribution >= 0.6 is 0 Å². The maximum Gasteiger partial charge on any atom is 0.488 e. The first kappa shape index (κ1) is 26.0. The van der Waals surface area contributed by atoms with E-state index < -0.39 is 10.5 Å². The van der Waals surface area contributed by atoms with E-state index in [4.69, 9.17) is 0 Å². The van der Waals surface area contributed by atoms with Gasteiger partial charge in [0.25, 0.3) is 0 Å². The van der Waals surface area contributed by atoms with E-state index in [-0.39, 0.29) is 17.2 Å². The Morgan fingerprint density at radius 2 is 1.88 bits per heavy atom. The van der Waals surface area contributed by atoms with E-state index in [9.17, 15) is 22.4 Å². The highest BCUT2D eigenvalue weighted by Crippen LogP contribution is 2.37. The van der Waals surface area contributed by atoms with Crippen molar-refractivity contribution in [3.63, 3.8) is 0 Å². The van der Waals surface area contributed by atoms with Crippen molar-refractivity contribution in [1.29, 1.82) is 5.26 Å². The number of aromatic nitrogens is 2. The van der Waals surface area contributed by atoms with Crippen LogP contribution in [0.4, 0.5) is 3.89 Å². The fraction of sp³-hybridized carbons (Fsp3) is 0.267. The molecule has 6 rings (SSSR count). The van der Waals surface area contributed by atoms with E-state index in [1.165, 1.54) is 12.1 Å². The molecule has 1 N–H and O–H groups in total. The van der Waals surface area contributed by atoms with Crippen LogP contribution in [-0.4, -0.2) is 43.0 Å². The summed E-state index contributed by atoms with van der Waals surface area (Å²) in [6.45, 7) is 3.81. The van der Waals surface area contributed by atoms with Gasteiger partial charge in [-0.15, -0.1) is 0 Å². The summed E-state index contributed by atoms with van der Waals surface area (Å²) in [4.78, 5) is 19.8. The number of nitrogens with one attached hydrogen (secondary N) is 1. The second-order valence-corrected chi connectivity index (χ2v) is 11.3. The normalized spacial score (nSPS) is 15.2. The van der Waals surface area contributed by atoms with E-state index in [0.717, 1.165) is 53.5 Å². The van der Waals surface area contributed by atoms with Crippen LogP contribution in [0.5, 0.6) is 5.75 Å². The van der Waals surface area contributed by atoms with Gasteiger partial charge in [0, 0.05) is 22.3 Å². The number of H-pyrrole nitrogens is 1. The maximum absolute atomic E-state index is 14.1. The van der Waals surface area contributed by atoms with Crippen molar-refractivity contribution >= 4 is 43.3 Å². The van der Waals surface area contributed by atoms with Gasteiger partial charge in [-0.05, 0) is 92.5 Å². The van der Waals surface area contributed by atoms with Gasteiger partial charge in [-0.2, -0.15) is 13.7 Å². The SMILES string of the molecule is CCc1cc2c(=O)c3c4ccc(C#N)cc4[nH]c3n(C3CCN(C)CC3)c2cc1-c1cccc(OS(=O)(=O)F)c1. The van der Waals surface area contributed by atoms with E-state index in [2.05, 4.69) is 31.8 Å². The molecule has 8 nitrogen and oxygen atoms in total. The van der Waals surface area contributed by atoms with E-state index >= 15 is 0 Å². The zero-order valence-corrected chi connectivity index (χ0v) is 22.9. The Morgan fingerprint density at radius 1 is 1.10 bits per heavy atom. The number of hydrogen-bond acceptors (Lipinski definition) is 6. The number of halogens is 1. The van der Waals surface area contributed by atoms with Gasteiger partial charge in [0.2, 0.25) is 0 Å². The van der Waals surface area contributed by atoms with E-state index in [1.807, 2.05) is 25.1 Å². The molecule has 3 heterocycles. The second kappa shape index (κ2) is 9.77. The number of benzene rings is 3. The first-order chi connectivity index (χ1) is 19.2. The summed E-state index contributed by atoms with van der Waals surface area (Å²) in [5, 5.41) is 11.4. The molecule has 0 radical (unpaired) electrons. The zero-order valence-electron chi connectivity index (χ0n) is 22.1. The van der Waals surface area contributed by atoms with Gasteiger partial charge < -0.3 is 18.6 Å². The highest BCUT2D eigenvalue weighted by molar-refractivity contribution is 7.81. The molecule has 2 aromatic heterocycles. The van der Waals surface area contributed by atoms with Crippen LogP contribution in [0.2, 0.25) is 0 Å². The molecular weight excluding hydrogens is 531 g/mol. The molecule has 0 amide bonds. The molecule has 0 bridgehead atoms. The molecule has 10 heteroatoms. The monoisotopic (exact) mass is 558 g/mol. The molecule has 0 spiro atoms. The van der Waals surface area contributed by atoms with Crippen molar-refractivity contribution in [1.82, 2.24) is 14.5 Å². The van der Waals surface area contributed by atoms with Crippen LogP contribution in [0, 0.1) is 11.3 Å². The summed E-state index contributed by atoms with van der Waals surface area (Å²) in [6.07, 6.45) is 2.40. The minimum absolute atomic E-state index is 0.0907. The molecule has 1 aliphatic heterocycles. The molecule has 0 unspecified atom stereocenters. The lowest BCUT2D eigenvalue weighted by Crippen LogP contribution is -2.32. The summed E-state index contributed by atoms with van der Waals surface area (Å²) in [5.41, 5.74) is 4.98. The number of piperidine rings is 1. The third-order valence-corrected chi connectivity index (χ3v) is 8.27. The first-order valence-electron chi connectivity index (χ1n) is 13.2. The smallest absolute Gasteiger partial charge is 0.358 e. The van der Waals surface area contributed by atoms with Crippen LogP contribution in [-0.2, 0) is 16.9 Å². The topological polar surface area (TPSA) is 108 Å². The number of nitriles is 1. The Balaban J connectivity index is 1.68. The van der Waals surface area contributed by atoms with Crippen molar-refractivity contribution < 1.29 is 16.5 Å².